The van der Waals surface area contributed by atoms with Crippen molar-refractivity contribution < 1.29 is 9.53 Å². The second-order valence-electron chi connectivity index (χ2n) is 3.31. The summed E-state index contributed by atoms with van der Waals surface area (Å²) in [4.78, 5) is 10.9. The lowest BCUT2D eigenvalue weighted by Crippen LogP contribution is -2.13. The van der Waals surface area contributed by atoms with Gasteiger partial charge < -0.3 is 4.74 Å². The van der Waals surface area contributed by atoms with Crippen molar-refractivity contribution in [3.8, 4) is 0 Å². The third-order valence-electron chi connectivity index (χ3n) is 1.80. The second kappa shape index (κ2) is 8.03. The van der Waals surface area contributed by atoms with Crippen molar-refractivity contribution in [2.75, 3.05) is 0 Å². The van der Waals surface area contributed by atoms with Crippen LogP contribution >= 0.6 is 45.9 Å². The molecule has 0 amide bonds. The lowest BCUT2D eigenvalue weighted by Gasteiger charge is -2.12. The van der Waals surface area contributed by atoms with Crippen molar-refractivity contribution in [1.82, 2.24) is 0 Å². The Morgan fingerprint density at radius 1 is 1.47 bits per heavy atom. The Bertz CT molecular complexity index is 216. The highest BCUT2D eigenvalue weighted by atomic mass is 80.0. The average Bonchev–Trinajstić information content (AvgIpc) is 2.11. The van der Waals surface area contributed by atoms with E-state index >= 15 is 0 Å². The van der Waals surface area contributed by atoms with Gasteiger partial charge in [-0.25, -0.2) is 4.79 Å². The van der Waals surface area contributed by atoms with Crippen LogP contribution in [-0.2, 0) is 9.53 Å². The van der Waals surface area contributed by atoms with E-state index < -0.39 is 3.93 Å². The third kappa shape index (κ3) is 11.1. The van der Waals surface area contributed by atoms with Crippen LogP contribution in [0, 0.1) is 0 Å². The molecule has 0 aromatic heterocycles. The summed E-state index contributed by atoms with van der Waals surface area (Å²) < 4.78 is 3.60. The van der Waals surface area contributed by atoms with E-state index in [2.05, 4.69) is 52.5 Å². The molecule has 0 saturated carbocycles. The summed E-state index contributed by atoms with van der Waals surface area (Å²) in [6, 6.07) is 1.11. The zero-order chi connectivity index (χ0) is 11.9. The highest BCUT2D eigenvalue weighted by Gasteiger charge is 2.21. The summed E-state index contributed by atoms with van der Waals surface area (Å²) in [5, 5.41) is 0. The fourth-order valence-electron chi connectivity index (χ4n) is 1.06. The molecule has 1 unspecified atom stereocenters. The van der Waals surface area contributed by atoms with E-state index in [9.17, 15) is 4.79 Å². The van der Waals surface area contributed by atoms with Crippen LogP contribution in [0.15, 0.2) is 12.7 Å². The second-order valence-corrected chi connectivity index (χ2v) is 26.8. The maximum Gasteiger partial charge on any atom is 0.330 e. The average molecular weight is 423 g/mol. The van der Waals surface area contributed by atoms with Crippen LogP contribution in [0.4, 0.5) is 0 Å². The van der Waals surface area contributed by atoms with Crippen molar-refractivity contribution in [1.29, 1.82) is 0 Å². The minimum absolute atomic E-state index is 0.0208. The van der Waals surface area contributed by atoms with Crippen LogP contribution in [0.2, 0.25) is 6.04 Å². The molecule has 2 nitrogen and oxygen atoms in total. The van der Waals surface area contributed by atoms with Gasteiger partial charge in [0.15, 0.2) is 0 Å². The molecule has 0 saturated heterocycles. The molecular formula is C9H15Br3O2Si. The van der Waals surface area contributed by atoms with Crippen LogP contribution in [-0.4, -0.2) is 16.0 Å². The molecule has 0 N–H and O–H groups in total. The SMILES string of the molecule is C=CC(=O)OC(C)CCCC[Si](Br)(Br)Br. The van der Waals surface area contributed by atoms with E-state index in [4.69, 9.17) is 4.74 Å². The standard InChI is InChI=1S/C9H15Br3O2Si/c1-3-9(13)14-8(2)6-4-5-7-15(10,11)12/h3,8H,1,4-7H2,2H3. The summed E-state index contributed by atoms with van der Waals surface area (Å²) in [6.45, 7) is 5.26. The maximum atomic E-state index is 10.9. The minimum Gasteiger partial charge on any atom is -0.460 e. The van der Waals surface area contributed by atoms with Crippen molar-refractivity contribution in [3.05, 3.63) is 12.7 Å². The van der Waals surface area contributed by atoms with E-state index in [1.807, 2.05) is 6.92 Å². The van der Waals surface area contributed by atoms with E-state index in [0.29, 0.717) is 0 Å². The van der Waals surface area contributed by atoms with Gasteiger partial charge in [0.1, 0.15) is 0 Å². The van der Waals surface area contributed by atoms with Gasteiger partial charge in [0.25, 0.3) is 3.93 Å². The molecule has 0 aliphatic rings. The first kappa shape index (κ1) is 15.9. The number of carbonyl (C=O) groups is 1. The Balaban J connectivity index is 3.51. The summed E-state index contributed by atoms with van der Waals surface area (Å²) in [5.41, 5.74) is 0. The Morgan fingerprint density at radius 2 is 2.07 bits per heavy atom. The first-order valence-corrected chi connectivity index (χ1v) is 13.7. The van der Waals surface area contributed by atoms with Gasteiger partial charge in [-0.05, 0) is 25.8 Å². The van der Waals surface area contributed by atoms with Crippen LogP contribution < -0.4 is 0 Å². The number of unbranched alkanes of at least 4 members (excludes halogenated alkanes) is 1. The smallest absolute Gasteiger partial charge is 0.330 e. The Kier molecular flexibility index (Phi) is 8.50. The van der Waals surface area contributed by atoms with Crippen molar-refractivity contribution in [3.63, 3.8) is 0 Å². The monoisotopic (exact) mass is 420 g/mol. The summed E-state index contributed by atoms with van der Waals surface area (Å²) in [6.07, 6.45) is 4.25. The molecular weight excluding hydrogens is 408 g/mol. The molecule has 6 heteroatoms. The normalized spacial score (nSPS) is 13.3. The summed E-state index contributed by atoms with van der Waals surface area (Å²) in [5.74, 6) is -0.340. The van der Waals surface area contributed by atoms with Crippen LogP contribution in [0.3, 0.4) is 0 Å². The van der Waals surface area contributed by atoms with Crippen molar-refractivity contribution in [2.45, 2.75) is 38.3 Å². The molecule has 1 atom stereocenters. The number of carbonyl (C=O) groups excluding carboxylic acids is 1. The van der Waals surface area contributed by atoms with Crippen molar-refractivity contribution in [2.24, 2.45) is 0 Å². The van der Waals surface area contributed by atoms with E-state index in [1.54, 1.807) is 0 Å². The molecule has 0 heterocycles. The van der Waals surface area contributed by atoms with Gasteiger partial charge in [0, 0.05) is 6.08 Å². The molecule has 0 aromatic rings. The molecule has 15 heavy (non-hydrogen) atoms. The highest BCUT2D eigenvalue weighted by Crippen LogP contribution is 2.33. The topological polar surface area (TPSA) is 26.3 Å². The molecule has 0 aliphatic heterocycles. The molecule has 0 fully saturated rings. The van der Waals surface area contributed by atoms with E-state index in [0.717, 1.165) is 25.3 Å². The lowest BCUT2D eigenvalue weighted by atomic mass is 10.2. The number of hydrogen-bond donors (Lipinski definition) is 0. The van der Waals surface area contributed by atoms with Gasteiger partial charge in [-0.1, -0.05) is 58.9 Å². The summed E-state index contributed by atoms with van der Waals surface area (Å²) in [7, 11) is 0. The van der Waals surface area contributed by atoms with Gasteiger partial charge in [0.05, 0.1) is 6.10 Å². The Hall–Kier alpha value is 0.867. The number of hydrogen-bond acceptors (Lipinski definition) is 2. The van der Waals surface area contributed by atoms with E-state index in [-0.39, 0.29) is 12.1 Å². The maximum absolute atomic E-state index is 10.9. The largest absolute Gasteiger partial charge is 0.460 e. The molecule has 0 radical (unpaired) electrons. The number of esters is 1. The van der Waals surface area contributed by atoms with Gasteiger partial charge in [-0.2, -0.15) is 0 Å². The highest BCUT2D eigenvalue weighted by molar-refractivity contribution is 9.72. The lowest BCUT2D eigenvalue weighted by molar-refractivity contribution is -0.142. The Morgan fingerprint density at radius 3 is 2.53 bits per heavy atom. The van der Waals surface area contributed by atoms with Crippen molar-refractivity contribution >= 4 is 55.8 Å². The molecule has 88 valence electrons. The van der Waals surface area contributed by atoms with Crippen LogP contribution in [0.1, 0.15) is 26.2 Å². The zero-order valence-corrected chi connectivity index (χ0v) is 14.4. The predicted molar refractivity (Wildman–Crippen MR) is 76.9 cm³/mol. The van der Waals surface area contributed by atoms with Gasteiger partial charge in [-0.3, -0.25) is 0 Å². The van der Waals surface area contributed by atoms with E-state index in [1.165, 1.54) is 6.08 Å². The minimum atomic E-state index is -1.45. The number of ether oxygens (including phenoxy) is 1. The fourth-order valence-corrected chi connectivity index (χ4v) is 4.24. The fraction of sp³-hybridized carbons (Fsp3) is 0.667. The summed E-state index contributed by atoms with van der Waals surface area (Å²) >= 11 is 10.7. The zero-order valence-electron chi connectivity index (χ0n) is 8.64. The van der Waals surface area contributed by atoms with Gasteiger partial charge in [0.2, 0.25) is 0 Å². The number of rotatable bonds is 7. The Labute approximate surface area is 116 Å². The first-order chi connectivity index (χ1) is 6.85. The molecule has 0 aliphatic carbocycles. The third-order valence-corrected chi connectivity index (χ3v) is 6.29. The quantitative estimate of drug-likeness (QED) is 0.200. The van der Waals surface area contributed by atoms with Gasteiger partial charge in [-0.15, -0.1) is 0 Å². The predicted octanol–water partition coefficient (Wildman–Crippen LogP) is 4.40. The molecule has 0 aromatic carbocycles. The molecule has 0 rings (SSSR count). The first-order valence-electron chi connectivity index (χ1n) is 4.75. The van der Waals surface area contributed by atoms with Crippen LogP contribution in [0.25, 0.3) is 0 Å². The molecule has 0 bridgehead atoms. The van der Waals surface area contributed by atoms with Gasteiger partial charge >= 0.3 is 5.97 Å². The van der Waals surface area contributed by atoms with Crippen LogP contribution in [0.5, 0.6) is 0 Å². The number of halogens is 3. The molecule has 0 spiro atoms.